The first-order valence-electron chi connectivity index (χ1n) is 7.35. The van der Waals surface area contributed by atoms with Gasteiger partial charge in [0.15, 0.2) is 0 Å². The van der Waals surface area contributed by atoms with E-state index in [-0.39, 0.29) is 0 Å². The van der Waals surface area contributed by atoms with Gasteiger partial charge in [-0.1, -0.05) is 80.6 Å². The minimum absolute atomic E-state index is 0.602. The molecule has 0 fully saturated rings. The molecule has 0 aliphatic carbocycles. The molecule has 0 N–H and O–H groups in total. The van der Waals surface area contributed by atoms with Gasteiger partial charge in [-0.2, -0.15) is 0 Å². The minimum atomic E-state index is 0.602. The number of hydrogen-bond donors (Lipinski definition) is 0. The second kappa shape index (κ2) is 11.5. The van der Waals surface area contributed by atoms with Crippen LogP contribution in [0.15, 0.2) is 0 Å². The van der Waals surface area contributed by atoms with Gasteiger partial charge in [-0.15, -0.1) is 0 Å². The third-order valence-electron chi connectivity index (χ3n) is 2.66. The average Bonchev–Trinajstić information content (AvgIpc) is 2.14. The summed E-state index contributed by atoms with van der Waals surface area (Å²) in [6.45, 7) is 15.9. The third-order valence-corrected chi connectivity index (χ3v) is 2.66. The van der Waals surface area contributed by atoms with Gasteiger partial charge in [-0.25, -0.2) is 0 Å². The Balaban J connectivity index is 0. The molecule has 16 heavy (non-hydrogen) atoms. The van der Waals surface area contributed by atoms with Gasteiger partial charge in [-0.05, 0) is 24.2 Å². The van der Waals surface area contributed by atoms with E-state index < -0.39 is 0 Å². The zero-order valence-corrected chi connectivity index (χ0v) is 13.0. The van der Waals surface area contributed by atoms with Crippen molar-refractivity contribution in [3.8, 4) is 0 Å². The van der Waals surface area contributed by atoms with Crippen LogP contribution in [0.4, 0.5) is 0 Å². The molecule has 0 unspecified atom stereocenters. The van der Waals surface area contributed by atoms with E-state index in [2.05, 4.69) is 48.5 Å². The lowest BCUT2D eigenvalue weighted by molar-refractivity contribution is 0.287. The Hall–Kier alpha value is 0. The highest BCUT2D eigenvalue weighted by molar-refractivity contribution is 4.67. The van der Waals surface area contributed by atoms with E-state index in [0.29, 0.717) is 5.41 Å². The van der Waals surface area contributed by atoms with Gasteiger partial charge >= 0.3 is 0 Å². The van der Waals surface area contributed by atoms with Crippen LogP contribution < -0.4 is 0 Å². The van der Waals surface area contributed by atoms with Crippen molar-refractivity contribution >= 4 is 0 Å². The van der Waals surface area contributed by atoms with Crippen molar-refractivity contribution in [3.63, 3.8) is 0 Å². The van der Waals surface area contributed by atoms with Crippen LogP contribution in [0.25, 0.3) is 0 Å². The van der Waals surface area contributed by atoms with E-state index in [1.54, 1.807) is 0 Å². The van der Waals surface area contributed by atoms with E-state index in [0.717, 1.165) is 5.92 Å². The lowest BCUT2D eigenvalue weighted by atomic mass is 9.82. The summed E-state index contributed by atoms with van der Waals surface area (Å²) in [7, 11) is 0. The standard InChI is InChI=1S/C12H26.C4H10/c1-5-7-9-11-12(3,4)10-8-6-2;1-4(2)3/h5-11H2,1-4H3;4H,1-3H3. The molecule has 0 saturated heterocycles. The highest BCUT2D eigenvalue weighted by Crippen LogP contribution is 2.29. The first-order chi connectivity index (χ1) is 7.35. The number of unbranched alkanes of at least 4 members (excludes halogenated alkanes) is 3. The maximum Gasteiger partial charge on any atom is -0.0354 e. The van der Waals surface area contributed by atoms with Crippen LogP contribution in [-0.2, 0) is 0 Å². The van der Waals surface area contributed by atoms with Crippen LogP contribution in [0.2, 0.25) is 0 Å². The smallest absolute Gasteiger partial charge is 0.0354 e. The first-order valence-corrected chi connectivity index (χ1v) is 7.35. The van der Waals surface area contributed by atoms with Crippen LogP contribution in [0, 0.1) is 11.3 Å². The van der Waals surface area contributed by atoms with Crippen LogP contribution in [-0.4, -0.2) is 0 Å². The maximum atomic E-state index is 2.42. The van der Waals surface area contributed by atoms with Crippen LogP contribution in [0.3, 0.4) is 0 Å². The van der Waals surface area contributed by atoms with E-state index >= 15 is 0 Å². The van der Waals surface area contributed by atoms with Crippen molar-refractivity contribution in [1.29, 1.82) is 0 Å². The Bertz CT molecular complexity index is 119. The zero-order chi connectivity index (χ0) is 13.0. The average molecular weight is 228 g/mol. The monoisotopic (exact) mass is 228 g/mol. The summed E-state index contributed by atoms with van der Waals surface area (Å²) in [5.41, 5.74) is 0.602. The van der Waals surface area contributed by atoms with Gasteiger partial charge in [0.25, 0.3) is 0 Å². The van der Waals surface area contributed by atoms with E-state index in [9.17, 15) is 0 Å². The molecule has 0 rings (SSSR count). The Morgan fingerprint density at radius 1 is 0.750 bits per heavy atom. The molecule has 0 heteroatoms. The number of rotatable bonds is 7. The minimum Gasteiger partial charge on any atom is -0.0654 e. The molecule has 100 valence electrons. The van der Waals surface area contributed by atoms with Crippen molar-refractivity contribution in [1.82, 2.24) is 0 Å². The van der Waals surface area contributed by atoms with Crippen molar-refractivity contribution in [2.24, 2.45) is 11.3 Å². The van der Waals surface area contributed by atoms with E-state index in [1.165, 1.54) is 44.9 Å². The quantitative estimate of drug-likeness (QED) is 0.439. The molecule has 0 saturated carbocycles. The summed E-state index contributed by atoms with van der Waals surface area (Å²) in [4.78, 5) is 0. The fourth-order valence-corrected chi connectivity index (χ4v) is 1.63. The second-order valence-corrected chi connectivity index (χ2v) is 6.46. The molecular formula is C16H36. The first kappa shape index (κ1) is 18.4. The molecule has 0 amide bonds. The molecule has 0 aliphatic rings. The summed E-state index contributed by atoms with van der Waals surface area (Å²) < 4.78 is 0. The largest absolute Gasteiger partial charge is 0.0654 e. The summed E-state index contributed by atoms with van der Waals surface area (Å²) in [5, 5.41) is 0. The molecule has 0 aromatic rings. The topological polar surface area (TPSA) is 0 Å². The Labute approximate surface area is 105 Å². The van der Waals surface area contributed by atoms with Gasteiger partial charge in [0.2, 0.25) is 0 Å². The summed E-state index contributed by atoms with van der Waals surface area (Å²) in [5.74, 6) is 0.833. The third kappa shape index (κ3) is 19.6. The SMILES string of the molecule is CC(C)C.CCCCCC(C)(C)CCCC. The lowest BCUT2D eigenvalue weighted by Gasteiger charge is -2.24. The fourth-order valence-electron chi connectivity index (χ4n) is 1.63. The number of hydrogen-bond acceptors (Lipinski definition) is 0. The van der Waals surface area contributed by atoms with Crippen molar-refractivity contribution in [2.75, 3.05) is 0 Å². The van der Waals surface area contributed by atoms with Gasteiger partial charge < -0.3 is 0 Å². The molecule has 0 atom stereocenters. The highest BCUT2D eigenvalue weighted by atomic mass is 14.2. The van der Waals surface area contributed by atoms with E-state index in [4.69, 9.17) is 0 Å². The van der Waals surface area contributed by atoms with Crippen LogP contribution >= 0.6 is 0 Å². The van der Waals surface area contributed by atoms with Gasteiger partial charge in [-0.3, -0.25) is 0 Å². The molecule has 0 aromatic heterocycles. The lowest BCUT2D eigenvalue weighted by Crippen LogP contribution is -2.10. The normalized spacial score (nSPS) is 11.2. The Kier molecular flexibility index (Phi) is 13.2. The Morgan fingerprint density at radius 3 is 1.50 bits per heavy atom. The predicted octanol–water partition coefficient (Wildman–Crippen LogP) is 6.45. The molecular weight excluding hydrogens is 192 g/mol. The van der Waals surface area contributed by atoms with Crippen LogP contribution in [0.1, 0.15) is 93.4 Å². The summed E-state index contributed by atoms with van der Waals surface area (Å²) >= 11 is 0. The highest BCUT2D eigenvalue weighted by Gasteiger charge is 2.15. The van der Waals surface area contributed by atoms with E-state index in [1.807, 2.05) is 0 Å². The fraction of sp³-hybridized carbons (Fsp3) is 1.00. The molecule has 0 bridgehead atoms. The van der Waals surface area contributed by atoms with Crippen LogP contribution in [0.5, 0.6) is 0 Å². The molecule has 0 nitrogen and oxygen atoms in total. The van der Waals surface area contributed by atoms with Crippen molar-refractivity contribution in [2.45, 2.75) is 93.4 Å². The molecule has 0 spiro atoms. The van der Waals surface area contributed by atoms with Gasteiger partial charge in [0, 0.05) is 0 Å². The maximum absolute atomic E-state index is 2.42. The Morgan fingerprint density at radius 2 is 1.12 bits per heavy atom. The molecule has 0 aliphatic heterocycles. The van der Waals surface area contributed by atoms with Gasteiger partial charge in [0.1, 0.15) is 0 Å². The second-order valence-electron chi connectivity index (χ2n) is 6.46. The van der Waals surface area contributed by atoms with Crippen molar-refractivity contribution < 1.29 is 0 Å². The molecule has 0 radical (unpaired) electrons. The van der Waals surface area contributed by atoms with Crippen molar-refractivity contribution in [3.05, 3.63) is 0 Å². The molecule has 0 heterocycles. The summed E-state index contributed by atoms with van der Waals surface area (Å²) in [6, 6.07) is 0. The summed E-state index contributed by atoms with van der Waals surface area (Å²) in [6.07, 6.45) is 9.76. The zero-order valence-electron chi connectivity index (χ0n) is 13.0. The van der Waals surface area contributed by atoms with Gasteiger partial charge in [0.05, 0.1) is 0 Å². The molecule has 0 aromatic carbocycles. The predicted molar refractivity (Wildman–Crippen MR) is 78.0 cm³/mol.